The Bertz CT molecular complexity index is 807. The molecule has 3 rings (SSSR count). The summed E-state index contributed by atoms with van der Waals surface area (Å²) in [5, 5.41) is -0.861. The second kappa shape index (κ2) is 7.00. The summed E-state index contributed by atoms with van der Waals surface area (Å²) >= 11 is 0. The molecular weight excluding hydrogens is 358 g/mol. The molecule has 5 nitrogen and oxygen atoms in total. The van der Waals surface area contributed by atoms with Crippen LogP contribution in [0, 0.1) is 0 Å². The molecule has 0 N–H and O–H groups in total. The van der Waals surface area contributed by atoms with E-state index in [1.54, 1.807) is 12.1 Å². The lowest BCUT2D eigenvalue weighted by molar-refractivity contribution is 0.178. The van der Waals surface area contributed by atoms with Crippen molar-refractivity contribution in [2.45, 2.75) is 55.2 Å². The molecule has 2 heterocycles. The van der Waals surface area contributed by atoms with Gasteiger partial charge in [0.15, 0.2) is 19.7 Å². The van der Waals surface area contributed by atoms with Crippen LogP contribution >= 0.6 is 0 Å². The van der Waals surface area contributed by atoms with E-state index >= 15 is 0 Å². The third-order valence-corrected chi connectivity index (χ3v) is 9.54. The number of nitrogens with zero attached hydrogens (tertiary/aromatic N) is 1. The van der Waals surface area contributed by atoms with Crippen LogP contribution in [0.5, 0.6) is 0 Å². The van der Waals surface area contributed by atoms with E-state index in [9.17, 15) is 16.8 Å². The molecule has 0 bridgehead atoms. The Morgan fingerprint density at radius 1 is 1.00 bits per heavy atom. The van der Waals surface area contributed by atoms with Crippen molar-refractivity contribution in [2.75, 3.05) is 24.6 Å². The number of hydrogen-bond acceptors (Lipinski definition) is 5. The van der Waals surface area contributed by atoms with Crippen LogP contribution in [-0.4, -0.2) is 57.6 Å². The minimum Gasteiger partial charge on any atom is -0.298 e. The summed E-state index contributed by atoms with van der Waals surface area (Å²) < 4.78 is 50.8. The second-order valence-electron chi connectivity index (χ2n) is 7.55. The number of piperidine rings is 1. The van der Waals surface area contributed by atoms with Crippen molar-refractivity contribution < 1.29 is 16.8 Å². The van der Waals surface area contributed by atoms with Gasteiger partial charge < -0.3 is 0 Å². The number of hydrogen-bond donors (Lipinski definition) is 0. The van der Waals surface area contributed by atoms with Crippen molar-refractivity contribution in [3.8, 4) is 0 Å². The van der Waals surface area contributed by atoms with E-state index in [1.807, 2.05) is 12.1 Å². The molecular formula is C18H27NO4S2. The Morgan fingerprint density at radius 3 is 2.16 bits per heavy atom. The van der Waals surface area contributed by atoms with Crippen LogP contribution in [0.3, 0.4) is 0 Å². The van der Waals surface area contributed by atoms with Crippen molar-refractivity contribution >= 4 is 19.7 Å². The Balaban J connectivity index is 1.92. The fourth-order valence-electron chi connectivity index (χ4n) is 3.90. The topological polar surface area (TPSA) is 71.5 Å². The van der Waals surface area contributed by atoms with Crippen LogP contribution < -0.4 is 0 Å². The molecule has 140 valence electrons. The number of benzene rings is 1. The summed E-state index contributed by atoms with van der Waals surface area (Å²) in [6, 6.07) is 6.50. The lowest BCUT2D eigenvalue weighted by Crippen LogP contribution is -2.48. The summed E-state index contributed by atoms with van der Waals surface area (Å²) in [5.74, 6) is 0.0216. The summed E-state index contributed by atoms with van der Waals surface area (Å²) in [7, 11) is -7.00. The molecule has 2 fully saturated rings. The van der Waals surface area contributed by atoms with Crippen molar-refractivity contribution in [2.24, 2.45) is 0 Å². The molecule has 2 atom stereocenters. The first-order chi connectivity index (χ1) is 11.7. The van der Waals surface area contributed by atoms with Crippen LogP contribution in [0.2, 0.25) is 0 Å². The van der Waals surface area contributed by atoms with Gasteiger partial charge in [-0.25, -0.2) is 16.8 Å². The van der Waals surface area contributed by atoms with Crippen molar-refractivity contribution in [1.82, 2.24) is 4.90 Å². The van der Waals surface area contributed by atoms with E-state index in [2.05, 4.69) is 18.7 Å². The number of sulfone groups is 2. The molecule has 0 saturated carbocycles. The SMILES string of the molecule is CC(C)c1ccc(S(=O)(=O)[C@H]2CS(=O)(=O)C[C@@H]2N2CCCCC2)cc1. The number of likely N-dealkylation sites (tertiary alicyclic amines) is 1. The van der Waals surface area contributed by atoms with Gasteiger partial charge in [-0.3, -0.25) is 4.90 Å². The molecule has 0 amide bonds. The summed E-state index contributed by atoms with van der Waals surface area (Å²) in [4.78, 5) is 2.32. The zero-order chi connectivity index (χ0) is 18.2. The maximum absolute atomic E-state index is 13.2. The largest absolute Gasteiger partial charge is 0.298 e. The molecule has 2 aliphatic heterocycles. The highest BCUT2D eigenvalue weighted by atomic mass is 32.2. The third-order valence-electron chi connectivity index (χ3n) is 5.41. The van der Waals surface area contributed by atoms with Crippen molar-refractivity contribution in [3.05, 3.63) is 29.8 Å². The quantitative estimate of drug-likeness (QED) is 0.795. The zero-order valence-corrected chi connectivity index (χ0v) is 16.5. The fraction of sp³-hybridized carbons (Fsp3) is 0.667. The van der Waals surface area contributed by atoms with Gasteiger partial charge in [-0.2, -0.15) is 0 Å². The van der Waals surface area contributed by atoms with Crippen LogP contribution in [0.4, 0.5) is 0 Å². The van der Waals surface area contributed by atoms with Crippen LogP contribution in [0.25, 0.3) is 0 Å². The molecule has 0 unspecified atom stereocenters. The average molecular weight is 386 g/mol. The first-order valence-corrected chi connectivity index (χ1v) is 12.4. The molecule has 0 radical (unpaired) electrons. The minimum absolute atomic E-state index is 0.0407. The molecule has 7 heteroatoms. The van der Waals surface area contributed by atoms with Gasteiger partial charge in [-0.05, 0) is 49.5 Å². The molecule has 25 heavy (non-hydrogen) atoms. The molecule has 2 aliphatic rings. The van der Waals surface area contributed by atoms with Crippen LogP contribution in [0.15, 0.2) is 29.2 Å². The minimum atomic E-state index is -3.67. The normalized spacial score (nSPS) is 27.6. The average Bonchev–Trinajstić information content (AvgIpc) is 2.92. The highest BCUT2D eigenvalue weighted by Gasteiger charge is 2.48. The predicted molar refractivity (Wildman–Crippen MR) is 99.4 cm³/mol. The summed E-state index contributed by atoms with van der Waals surface area (Å²) in [6.45, 7) is 5.69. The van der Waals surface area contributed by atoms with Gasteiger partial charge in [0, 0.05) is 6.04 Å². The third kappa shape index (κ3) is 3.93. The molecule has 1 aromatic carbocycles. The van der Waals surface area contributed by atoms with Gasteiger partial charge in [0.05, 0.1) is 21.7 Å². The lowest BCUT2D eigenvalue weighted by atomic mass is 10.0. The van der Waals surface area contributed by atoms with E-state index < -0.39 is 31.0 Å². The fourth-order valence-corrected chi connectivity index (χ4v) is 8.73. The maximum atomic E-state index is 13.2. The Kier molecular flexibility index (Phi) is 5.28. The zero-order valence-electron chi connectivity index (χ0n) is 14.9. The van der Waals surface area contributed by atoms with Gasteiger partial charge in [0.2, 0.25) is 0 Å². The Labute approximate surface area is 151 Å². The smallest absolute Gasteiger partial charge is 0.183 e. The van der Waals surface area contributed by atoms with Gasteiger partial charge in [0.1, 0.15) is 0 Å². The van der Waals surface area contributed by atoms with Crippen molar-refractivity contribution in [1.29, 1.82) is 0 Å². The second-order valence-corrected chi connectivity index (χ2v) is 11.9. The molecule has 0 spiro atoms. The maximum Gasteiger partial charge on any atom is 0.183 e. The van der Waals surface area contributed by atoms with Crippen molar-refractivity contribution in [3.63, 3.8) is 0 Å². The van der Waals surface area contributed by atoms with Gasteiger partial charge in [0.25, 0.3) is 0 Å². The summed E-state index contributed by atoms with van der Waals surface area (Å²) in [6.07, 6.45) is 3.14. The van der Waals surface area contributed by atoms with E-state index in [4.69, 9.17) is 0 Å². The molecule has 0 aliphatic carbocycles. The Morgan fingerprint density at radius 2 is 1.60 bits per heavy atom. The van der Waals surface area contributed by atoms with Crippen LogP contribution in [-0.2, 0) is 19.7 Å². The van der Waals surface area contributed by atoms with E-state index in [0.29, 0.717) is 5.92 Å². The van der Waals surface area contributed by atoms with E-state index in [1.165, 1.54) is 0 Å². The molecule has 1 aromatic rings. The molecule has 2 saturated heterocycles. The monoisotopic (exact) mass is 385 g/mol. The van der Waals surface area contributed by atoms with Gasteiger partial charge >= 0.3 is 0 Å². The van der Waals surface area contributed by atoms with E-state index in [0.717, 1.165) is 37.9 Å². The molecule has 0 aromatic heterocycles. The first kappa shape index (κ1) is 18.9. The van der Waals surface area contributed by atoms with Crippen LogP contribution in [0.1, 0.15) is 44.6 Å². The standard InChI is InChI=1S/C18H27NO4S2/c1-14(2)15-6-8-16(9-7-15)25(22,23)18-13-24(20,21)12-17(18)19-10-4-3-5-11-19/h6-9,14,17-18H,3-5,10-13H2,1-2H3/t17-,18-/m0/s1. The first-order valence-electron chi connectivity index (χ1n) is 8.99. The number of rotatable bonds is 4. The van der Waals surface area contributed by atoms with Gasteiger partial charge in [-0.15, -0.1) is 0 Å². The Hall–Kier alpha value is -0.920. The highest BCUT2D eigenvalue weighted by molar-refractivity contribution is 7.96. The lowest BCUT2D eigenvalue weighted by Gasteiger charge is -2.34. The van der Waals surface area contributed by atoms with E-state index in [-0.39, 0.29) is 16.4 Å². The highest BCUT2D eigenvalue weighted by Crippen LogP contribution is 2.31. The van der Waals surface area contributed by atoms with Gasteiger partial charge in [-0.1, -0.05) is 32.4 Å². The predicted octanol–water partition coefficient (Wildman–Crippen LogP) is 2.24. The summed E-state index contributed by atoms with van der Waals surface area (Å²) in [5.41, 5.74) is 1.07.